The second-order valence-corrected chi connectivity index (χ2v) is 7.20. The van der Waals surface area contributed by atoms with Crippen molar-refractivity contribution < 1.29 is 14.7 Å². The van der Waals surface area contributed by atoms with Crippen molar-refractivity contribution >= 4 is 35.6 Å². The Morgan fingerprint density at radius 3 is 2.73 bits per heavy atom. The summed E-state index contributed by atoms with van der Waals surface area (Å²) in [5.41, 5.74) is 2.19. The highest BCUT2D eigenvalue weighted by Crippen LogP contribution is 2.21. The highest BCUT2D eigenvalue weighted by molar-refractivity contribution is 7.13. The molecule has 1 atom stereocenters. The Hall–Kier alpha value is -2.03. The molecule has 1 aliphatic heterocycles. The van der Waals surface area contributed by atoms with Gasteiger partial charge in [0.15, 0.2) is 0 Å². The number of nitrogens with zero attached hydrogens (tertiary/aromatic N) is 3. The van der Waals surface area contributed by atoms with Crippen LogP contribution in [-0.4, -0.2) is 44.7 Å². The first-order chi connectivity index (χ1) is 12.0. The van der Waals surface area contributed by atoms with Crippen molar-refractivity contribution in [3.63, 3.8) is 0 Å². The summed E-state index contributed by atoms with van der Waals surface area (Å²) < 4.78 is 0. The van der Waals surface area contributed by atoms with Gasteiger partial charge in [0.1, 0.15) is 11.0 Å². The number of hydrogen-bond donors (Lipinski definition) is 2. The topological polar surface area (TPSA) is 95.4 Å². The summed E-state index contributed by atoms with van der Waals surface area (Å²) in [5, 5.41) is 21.0. The number of halogens is 1. The van der Waals surface area contributed by atoms with Crippen LogP contribution in [0.3, 0.4) is 0 Å². The van der Waals surface area contributed by atoms with E-state index in [1.165, 1.54) is 16.9 Å². The summed E-state index contributed by atoms with van der Waals surface area (Å²) in [6.45, 7) is 3.59. The minimum Gasteiger partial charge on any atom is -0.480 e. The van der Waals surface area contributed by atoms with Crippen molar-refractivity contribution in [1.29, 1.82) is 0 Å². The molecule has 0 saturated carbocycles. The normalized spacial score (nSPS) is 16.9. The van der Waals surface area contributed by atoms with Crippen LogP contribution >= 0.6 is 23.7 Å². The van der Waals surface area contributed by atoms with E-state index in [0.29, 0.717) is 29.5 Å². The quantitative estimate of drug-likeness (QED) is 0.777. The molecule has 26 heavy (non-hydrogen) atoms. The van der Waals surface area contributed by atoms with Crippen molar-refractivity contribution in [2.24, 2.45) is 0 Å². The average molecular weight is 397 g/mol. The number of aryl methyl sites for hydroxylation is 1. The molecular formula is C17H21ClN4O3S. The fourth-order valence-electron chi connectivity index (χ4n) is 2.84. The second kappa shape index (κ2) is 9.07. The molecule has 1 fully saturated rings. The van der Waals surface area contributed by atoms with Gasteiger partial charge >= 0.3 is 5.97 Å². The molecule has 0 spiro atoms. The van der Waals surface area contributed by atoms with Gasteiger partial charge in [-0.15, -0.1) is 22.6 Å². The number of carbonyl (C=O) groups is 2. The molecule has 2 heterocycles. The van der Waals surface area contributed by atoms with Gasteiger partial charge in [-0.05, 0) is 31.9 Å². The molecule has 0 bridgehead atoms. The largest absolute Gasteiger partial charge is 0.480 e. The third kappa shape index (κ3) is 5.00. The Kier molecular flexibility index (Phi) is 7.07. The number of rotatable bonds is 6. The molecular weight excluding hydrogens is 376 g/mol. The molecule has 1 aliphatic rings. The standard InChI is InChI=1S/C17H20N4O3S.ClH/c1-11-4-6-12(7-5-11)9-18-15(22)16-20-19-14(25-16)10-21-8-2-3-13(21)17(23)24;/h4-7,13H,2-3,8-10H2,1H3,(H,18,22)(H,23,24);1H. The number of benzene rings is 1. The van der Waals surface area contributed by atoms with E-state index in [1.54, 1.807) is 0 Å². The molecule has 2 N–H and O–H groups in total. The van der Waals surface area contributed by atoms with Crippen molar-refractivity contribution in [3.05, 3.63) is 45.4 Å². The van der Waals surface area contributed by atoms with E-state index in [4.69, 9.17) is 0 Å². The fraction of sp³-hybridized carbons (Fsp3) is 0.412. The Labute approximate surface area is 161 Å². The zero-order valence-electron chi connectivity index (χ0n) is 14.3. The Morgan fingerprint density at radius 1 is 1.31 bits per heavy atom. The third-order valence-electron chi connectivity index (χ3n) is 4.22. The SMILES string of the molecule is Cc1ccc(CNC(=O)c2nnc(CN3CCCC3C(=O)O)s2)cc1.Cl. The maximum absolute atomic E-state index is 12.2. The molecule has 9 heteroatoms. The van der Waals surface area contributed by atoms with Gasteiger partial charge in [-0.1, -0.05) is 41.2 Å². The Morgan fingerprint density at radius 2 is 2.04 bits per heavy atom. The van der Waals surface area contributed by atoms with Crippen molar-refractivity contribution in [1.82, 2.24) is 20.4 Å². The fourth-order valence-corrected chi connectivity index (χ4v) is 3.62. The minimum absolute atomic E-state index is 0. The first-order valence-corrected chi connectivity index (χ1v) is 8.97. The van der Waals surface area contributed by atoms with E-state index in [-0.39, 0.29) is 18.3 Å². The van der Waals surface area contributed by atoms with Crippen LogP contribution in [-0.2, 0) is 17.9 Å². The Balaban J connectivity index is 0.00000243. The molecule has 2 aromatic rings. The molecule has 1 amide bonds. The summed E-state index contributed by atoms with van der Waals surface area (Å²) in [6.07, 6.45) is 1.51. The van der Waals surface area contributed by atoms with Crippen LogP contribution in [0.2, 0.25) is 0 Å². The van der Waals surface area contributed by atoms with Gasteiger partial charge in [0, 0.05) is 6.54 Å². The van der Waals surface area contributed by atoms with Gasteiger partial charge in [-0.25, -0.2) is 0 Å². The first-order valence-electron chi connectivity index (χ1n) is 8.16. The number of amides is 1. The van der Waals surface area contributed by atoms with Crippen LogP contribution in [0.1, 0.15) is 38.8 Å². The average Bonchev–Trinajstić information content (AvgIpc) is 3.24. The van der Waals surface area contributed by atoms with E-state index in [0.717, 1.165) is 18.5 Å². The van der Waals surface area contributed by atoms with Crippen LogP contribution in [0.4, 0.5) is 0 Å². The molecule has 140 valence electrons. The minimum atomic E-state index is -0.807. The van der Waals surface area contributed by atoms with Crippen molar-refractivity contribution in [2.75, 3.05) is 6.54 Å². The van der Waals surface area contributed by atoms with Gasteiger partial charge < -0.3 is 10.4 Å². The van der Waals surface area contributed by atoms with Crippen LogP contribution < -0.4 is 5.32 Å². The second-order valence-electron chi connectivity index (χ2n) is 6.14. The van der Waals surface area contributed by atoms with Crippen LogP contribution in [0, 0.1) is 6.92 Å². The summed E-state index contributed by atoms with van der Waals surface area (Å²) in [4.78, 5) is 25.3. The molecule has 1 aromatic carbocycles. The van der Waals surface area contributed by atoms with Gasteiger partial charge in [-0.2, -0.15) is 0 Å². The molecule has 1 unspecified atom stereocenters. The molecule has 3 rings (SSSR count). The lowest BCUT2D eigenvalue weighted by Crippen LogP contribution is -2.35. The predicted molar refractivity (Wildman–Crippen MR) is 101 cm³/mol. The van der Waals surface area contributed by atoms with E-state index >= 15 is 0 Å². The monoisotopic (exact) mass is 396 g/mol. The number of hydrogen-bond acceptors (Lipinski definition) is 6. The highest BCUT2D eigenvalue weighted by atomic mass is 35.5. The van der Waals surface area contributed by atoms with Crippen molar-refractivity contribution in [2.45, 2.75) is 38.9 Å². The molecule has 1 saturated heterocycles. The third-order valence-corrected chi connectivity index (χ3v) is 5.13. The van der Waals surface area contributed by atoms with Crippen LogP contribution in [0.5, 0.6) is 0 Å². The number of carboxylic acid groups (broad SMARTS) is 1. The van der Waals surface area contributed by atoms with Gasteiger partial charge in [-0.3, -0.25) is 14.5 Å². The zero-order valence-corrected chi connectivity index (χ0v) is 16.0. The molecule has 1 aromatic heterocycles. The van der Waals surface area contributed by atoms with Crippen LogP contribution in [0.25, 0.3) is 0 Å². The lowest BCUT2D eigenvalue weighted by Gasteiger charge is -2.18. The number of aromatic nitrogens is 2. The van der Waals surface area contributed by atoms with E-state index < -0.39 is 12.0 Å². The number of aliphatic carboxylic acids is 1. The maximum atomic E-state index is 12.2. The van der Waals surface area contributed by atoms with Gasteiger partial charge in [0.25, 0.3) is 5.91 Å². The van der Waals surface area contributed by atoms with Gasteiger partial charge in [0.2, 0.25) is 5.01 Å². The van der Waals surface area contributed by atoms with Gasteiger partial charge in [0.05, 0.1) is 6.54 Å². The summed E-state index contributed by atoms with van der Waals surface area (Å²) >= 11 is 1.21. The molecule has 7 nitrogen and oxygen atoms in total. The van der Waals surface area contributed by atoms with E-state index in [2.05, 4.69) is 15.5 Å². The predicted octanol–water partition coefficient (Wildman–Crippen LogP) is 2.25. The number of carbonyl (C=O) groups excluding carboxylic acids is 1. The summed E-state index contributed by atoms with van der Waals surface area (Å²) in [5.74, 6) is -1.07. The lowest BCUT2D eigenvalue weighted by atomic mass is 10.1. The number of nitrogens with one attached hydrogen (secondary N) is 1. The maximum Gasteiger partial charge on any atom is 0.320 e. The summed E-state index contributed by atoms with van der Waals surface area (Å²) in [7, 11) is 0. The summed E-state index contributed by atoms with van der Waals surface area (Å²) in [6, 6.07) is 7.47. The molecule has 0 radical (unpaired) electrons. The van der Waals surface area contributed by atoms with E-state index in [1.807, 2.05) is 36.1 Å². The first kappa shape index (κ1) is 20.3. The van der Waals surface area contributed by atoms with Crippen molar-refractivity contribution in [3.8, 4) is 0 Å². The highest BCUT2D eigenvalue weighted by Gasteiger charge is 2.31. The Bertz CT molecular complexity index is 766. The van der Waals surface area contributed by atoms with Crippen LogP contribution in [0.15, 0.2) is 24.3 Å². The number of carboxylic acids is 1. The zero-order chi connectivity index (χ0) is 17.8. The lowest BCUT2D eigenvalue weighted by molar-refractivity contribution is -0.142. The number of likely N-dealkylation sites (tertiary alicyclic amines) is 1. The van der Waals surface area contributed by atoms with E-state index in [9.17, 15) is 14.7 Å². The molecule has 0 aliphatic carbocycles. The smallest absolute Gasteiger partial charge is 0.320 e.